The number of methoxy groups -OCH3 is 1. The average molecular weight is 558 g/mol. The molecule has 0 unspecified atom stereocenters. The highest BCUT2D eigenvalue weighted by atomic mass is 32.1. The molecular weight excluding hydrogens is 522 g/mol. The van der Waals surface area contributed by atoms with Crippen molar-refractivity contribution in [1.82, 2.24) is 14.9 Å². The van der Waals surface area contributed by atoms with E-state index < -0.39 is 5.41 Å². The minimum atomic E-state index is -0.538. The normalized spacial score (nSPS) is 17.1. The summed E-state index contributed by atoms with van der Waals surface area (Å²) in [5.41, 5.74) is 5.20. The molecule has 5 rings (SSSR count). The number of nitrogens with zero attached hydrogens (tertiary/aromatic N) is 3. The summed E-state index contributed by atoms with van der Waals surface area (Å²) in [4.78, 5) is 19.5. The molecule has 1 amide bonds. The van der Waals surface area contributed by atoms with Crippen LogP contribution in [-0.2, 0) is 11.3 Å². The lowest BCUT2D eigenvalue weighted by molar-refractivity contribution is -0.123. The molecule has 0 spiro atoms. The molecule has 1 aliphatic heterocycles. The first-order valence-corrected chi connectivity index (χ1v) is 13.7. The Hall–Kier alpha value is -4.11. The number of nitrogens with one attached hydrogen (secondary N) is 2. The number of pyridine rings is 1. The van der Waals surface area contributed by atoms with Crippen LogP contribution in [0.25, 0.3) is 0 Å². The molecule has 3 aromatic heterocycles. The summed E-state index contributed by atoms with van der Waals surface area (Å²) >= 11 is 5.94. The largest absolute Gasteiger partial charge is 0.494 e. The van der Waals surface area contributed by atoms with E-state index in [9.17, 15) is 4.79 Å². The van der Waals surface area contributed by atoms with Gasteiger partial charge in [-0.05, 0) is 74.1 Å². The van der Waals surface area contributed by atoms with Crippen LogP contribution in [0.15, 0.2) is 71.5 Å². The molecule has 2 N–H and O–H groups in total. The molecule has 9 heteroatoms. The summed E-state index contributed by atoms with van der Waals surface area (Å²) in [6.45, 7) is 10.5. The Bertz CT molecular complexity index is 1520. The van der Waals surface area contributed by atoms with E-state index >= 15 is 0 Å². The van der Waals surface area contributed by atoms with Gasteiger partial charge in [-0.25, -0.2) is 0 Å². The maximum Gasteiger partial charge on any atom is 0.229 e. The van der Waals surface area contributed by atoms with Gasteiger partial charge in [-0.1, -0.05) is 26.8 Å². The number of thiocarbonyl (C=S) groups is 1. The molecule has 0 bridgehead atoms. The fraction of sp³-hybridized carbons (Fsp3) is 0.323. The Morgan fingerprint density at radius 3 is 2.60 bits per heavy atom. The third kappa shape index (κ3) is 5.21. The number of ether oxygens (including phenoxy) is 1. The number of hydrogen-bond acceptors (Lipinski definition) is 5. The van der Waals surface area contributed by atoms with Crippen molar-refractivity contribution in [2.24, 2.45) is 5.41 Å². The van der Waals surface area contributed by atoms with E-state index in [4.69, 9.17) is 21.4 Å². The predicted molar refractivity (Wildman–Crippen MR) is 161 cm³/mol. The number of benzene rings is 1. The summed E-state index contributed by atoms with van der Waals surface area (Å²) in [5, 5.41) is 7.11. The predicted octanol–water partition coefficient (Wildman–Crippen LogP) is 6.31. The van der Waals surface area contributed by atoms with E-state index in [-0.39, 0.29) is 18.0 Å². The third-order valence-corrected chi connectivity index (χ3v) is 7.63. The van der Waals surface area contributed by atoms with E-state index in [0.29, 0.717) is 23.1 Å². The Balaban J connectivity index is 1.59. The molecule has 1 aromatic carbocycles. The number of amides is 1. The number of rotatable bonds is 7. The van der Waals surface area contributed by atoms with E-state index in [1.807, 2.05) is 69.3 Å². The van der Waals surface area contributed by atoms with Crippen LogP contribution in [0, 0.1) is 19.3 Å². The maximum absolute atomic E-state index is 12.7. The lowest BCUT2D eigenvalue weighted by Crippen LogP contribution is -2.30. The molecule has 2 atom stereocenters. The fourth-order valence-electron chi connectivity index (χ4n) is 5.12. The van der Waals surface area contributed by atoms with E-state index in [1.165, 1.54) is 0 Å². The smallest absolute Gasteiger partial charge is 0.229 e. The van der Waals surface area contributed by atoms with Gasteiger partial charge in [0, 0.05) is 34.8 Å². The first kappa shape index (κ1) is 27.5. The lowest BCUT2D eigenvalue weighted by atomic mass is 9.95. The zero-order valence-electron chi connectivity index (χ0n) is 23.7. The van der Waals surface area contributed by atoms with Crippen molar-refractivity contribution in [2.75, 3.05) is 17.3 Å². The molecule has 40 heavy (non-hydrogen) atoms. The highest BCUT2D eigenvalue weighted by Crippen LogP contribution is 2.45. The van der Waals surface area contributed by atoms with Crippen LogP contribution in [-0.4, -0.2) is 27.7 Å². The Kier molecular flexibility index (Phi) is 7.42. The van der Waals surface area contributed by atoms with Crippen molar-refractivity contribution >= 4 is 34.6 Å². The van der Waals surface area contributed by atoms with Crippen molar-refractivity contribution in [3.05, 3.63) is 95.5 Å². The monoisotopic (exact) mass is 557 g/mol. The van der Waals surface area contributed by atoms with Crippen molar-refractivity contribution in [3.63, 3.8) is 0 Å². The minimum absolute atomic E-state index is 0.0889. The summed E-state index contributed by atoms with van der Waals surface area (Å²) < 4.78 is 13.6. The number of carbonyl (C=O) groups is 1. The number of furan rings is 1. The summed E-state index contributed by atoms with van der Waals surface area (Å²) in [5.74, 6) is 1.36. The molecule has 0 aliphatic carbocycles. The molecule has 1 aliphatic rings. The number of aromatic nitrogens is 2. The maximum atomic E-state index is 12.7. The van der Waals surface area contributed by atoms with Gasteiger partial charge in [0.2, 0.25) is 5.91 Å². The number of anilines is 2. The topological polar surface area (TPSA) is 84.6 Å². The van der Waals surface area contributed by atoms with Crippen molar-refractivity contribution in [1.29, 1.82) is 0 Å². The van der Waals surface area contributed by atoms with Gasteiger partial charge < -0.3 is 29.3 Å². The zero-order chi connectivity index (χ0) is 28.6. The highest BCUT2D eigenvalue weighted by molar-refractivity contribution is 7.80. The fourth-order valence-corrected chi connectivity index (χ4v) is 5.47. The Morgan fingerprint density at radius 1 is 1.15 bits per heavy atom. The van der Waals surface area contributed by atoms with E-state index in [0.717, 1.165) is 34.1 Å². The lowest BCUT2D eigenvalue weighted by Gasteiger charge is -2.29. The molecule has 1 fully saturated rings. The van der Waals surface area contributed by atoms with E-state index in [1.54, 1.807) is 19.6 Å². The van der Waals surface area contributed by atoms with Crippen LogP contribution in [0.4, 0.5) is 11.4 Å². The van der Waals surface area contributed by atoms with Crippen molar-refractivity contribution in [2.45, 2.75) is 53.2 Å². The van der Waals surface area contributed by atoms with Gasteiger partial charge in [0.15, 0.2) is 5.11 Å². The zero-order valence-corrected chi connectivity index (χ0v) is 24.5. The SMILES string of the molecule is COc1cc(N2C(=S)N[C@H](c3ccccn3)[C@H]2c2cc(C)n(Cc3ccco3)c2C)ccc1NC(=O)C(C)(C)C. The van der Waals surface area contributed by atoms with Gasteiger partial charge in [0.1, 0.15) is 11.5 Å². The van der Waals surface area contributed by atoms with Gasteiger partial charge in [-0.3, -0.25) is 9.78 Å². The second kappa shape index (κ2) is 10.8. The number of aryl methyl sites for hydroxylation is 1. The van der Waals surface area contributed by atoms with E-state index in [2.05, 4.69) is 45.0 Å². The summed E-state index contributed by atoms with van der Waals surface area (Å²) in [7, 11) is 1.60. The van der Waals surface area contributed by atoms with Crippen LogP contribution in [0.2, 0.25) is 0 Å². The van der Waals surface area contributed by atoms with Gasteiger partial charge in [0.25, 0.3) is 0 Å². The van der Waals surface area contributed by atoms with Gasteiger partial charge in [-0.2, -0.15) is 0 Å². The van der Waals surface area contributed by atoms with Crippen LogP contribution in [0.5, 0.6) is 5.75 Å². The van der Waals surface area contributed by atoms with Gasteiger partial charge in [-0.15, -0.1) is 0 Å². The molecular formula is C31H35N5O3S. The molecule has 8 nitrogen and oxygen atoms in total. The molecule has 1 saturated heterocycles. The second-order valence-corrected chi connectivity index (χ2v) is 11.5. The first-order chi connectivity index (χ1) is 19.1. The van der Waals surface area contributed by atoms with Gasteiger partial charge in [0.05, 0.1) is 43.4 Å². The highest BCUT2D eigenvalue weighted by Gasteiger charge is 2.42. The molecule has 208 valence electrons. The number of hydrogen-bond donors (Lipinski definition) is 2. The number of carbonyl (C=O) groups excluding carboxylic acids is 1. The molecule has 4 aromatic rings. The second-order valence-electron chi connectivity index (χ2n) is 11.1. The van der Waals surface area contributed by atoms with Crippen LogP contribution < -0.4 is 20.3 Å². The molecule has 0 radical (unpaired) electrons. The van der Waals surface area contributed by atoms with Crippen molar-refractivity contribution < 1.29 is 13.9 Å². The molecule has 4 heterocycles. The quantitative estimate of drug-likeness (QED) is 0.258. The third-order valence-electron chi connectivity index (χ3n) is 7.32. The average Bonchev–Trinajstić information content (AvgIpc) is 3.63. The molecule has 0 saturated carbocycles. The first-order valence-electron chi connectivity index (χ1n) is 13.3. The van der Waals surface area contributed by atoms with Crippen LogP contribution in [0.3, 0.4) is 0 Å². The summed E-state index contributed by atoms with van der Waals surface area (Å²) in [6, 6.07) is 17.4. The summed E-state index contributed by atoms with van der Waals surface area (Å²) in [6.07, 6.45) is 3.50. The van der Waals surface area contributed by atoms with Crippen molar-refractivity contribution in [3.8, 4) is 5.75 Å². The minimum Gasteiger partial charge on any atom is -0.494 e. The Labute approximate surface area is 240 Å². The standard InChI is InChI=1S/C31H35N5O3S/c1-19-16-23(20(2)35(19)18-22-10-9-15-39-22)28-27(25-11-7-8-14-32-25)34-30(40)36(28)21-12-13-24(26(17-21)38-6)33-29(37)31(3,4)5/h7-17,27-28H,18H2,1-6H3,(H,33,37)(H,34,40)/t27-,28-/m1/s1. The van der Waals surface area contributed by atoms with Crippen LogP contribution >= 0.6 is 12.2 Å². The Morgan fingerprint density at radius 2 is 1.95 bits per heavy atom. The van der Waals surface area contributed by atoms with Crippen LogP contribution in [0.1, 0.15) is 61.3 Å². The van der Waals surface area contributed by atoms with Gasteiger partial charge >= 0.3 is 0 Å².